The maximum Gasteiger partial charge on any atom is 0.261 e. The Morgan fingerprint density at radius 1 is 1.12 bits per heavy atom. The van der Waals surface area contributed by atoms with Crippen molar-refractivity contribution in [2.24, 2.45) is 0 Å². The molecular weight excluding hydrogens is 418 g/mol. The predicted molar refractivity (Wildman–Crippen MR) is 105 cm³/mol. The molecule has 7 heteroatoms. The van der Waals surface area contributed by atoms with Crippen LogP contribution in [0.25, 0.3) is 0 Å². The van der Waals surface area contributed by atoms with Crippen LogP contribution in [0.1, 0.15) is 31.9 Å². The first kappa shape index (κ1) is 20.5. The summed E-state index contributed by atoms with van der Waals surface area (Å²) in [5.74, 6) is 0.383. The van der Waals surface area contributed by atoms with Crippen molar-refractivity contribution in [2.45, 2.75) is 37.3 Å². The highest BCUT2D eigenvalue weighted by molar-refractivity contribution is 9.10. The Morgan fingerprint density at radius 3 is 2.19 bits per heavy atom. The molecule has 0 saturated carbocycles. The second kappa shape index (κ2) is 8.68. The third-order valence-corrected chi connectivity index (χ3v) is 5.59. The molecule has 1 amide bonds. The van der Waals surface area contributed by atoms with Gasteiger partial charge in [0.05, 0.1) is 10.9 Å². The Kier molecular flexibility index (Phi) is 6.83. The summed E-state index contributed by atoms with van der Waals surface area (Å²) >= 11 is 3.35. The smallest absolute Gasteiger partial charge is 0.261 e. The van der Waals surface area contributed by atoms with Crippen LogP contribution in [-0.2, 0) is 14.6 Å². The van der Waals surface area contributed by atoms with E-state index in [0.717, 1.165) is 10.0 Å². The predicted octanol–water partition coefficient (Wildman–Crippen LogP) is 3.89. The fourth-order valence-corrected chi connectivity index (χ4v) is 3.32. The van der Waals surface area contributed by atoms with Gasteiger partial charge < -0.3 is 10.1 Å². The number of hydrogen-bond donors (Lipinski definition) is 1. The fraction of sp³-hybridized carbons (Fsp3) is 0.316. The van der Waals surface area contributed by atoms with Crippen LogP contribution >= 0.6 is 15.9 Å². The van der Waals surface area contributed by atoms with Crippen LogP contribution in [0.15, 0.2) is 57.9 Å². The number of rotatable bonds is 7. The van der Waals surface area contributed by atoms with E-state index in [1.165, 1.54) is 6.26 Å². The molecule has 0 aliphatic rings. The summed E-state index contributed by atoms with van der Waals surface area (Å²) in [5.41, 5.74) is 0.851. The maximum atomic E-state index is 12.4. The van der Waals surface area contributed by atoms with Crippen LogP contribution in [0.4, 0.5) is 0 Å². The van der Waals surface area contributed by atoms with Crippen LogP contribution in [0.2, 0.25) is 0 Å². The zero-order valence-corrected chi connectivity index (χ0v) is 17.3. The zero-order valence-electron chi connectivity index (χ0n) is 14.9. The highest BCUT2D eigenvalue weighted by Crippen LogP contribution is 2.21. The van der Waals surface area contributed by atoms with Gasteiger partial charge in [-0.1, -0.05) is 35.0 Å². The second-order valence-corrected chi connectivity index (χ2v) is 8.96. The summed E-state index contributed by atoms with van der Waals surface area (Å²) < 4.78 is 29.7. The summed E-state index contributed by atoms with van der Waals surface area (Å²) in [5, 5.41) is 2.95. The molecule has 1 N–H and O–H groups in total. The lowest BCUT2D eigenvalue weighted by Crippen LogP contribution is -2.38. The van der Waals surface area contributed by atoms with Gasteiger partial charge in [0, 0.05) is 10.7 Å². The molecule has 0 aromatic heterocycles. The molecule has 2 rings (SSSR count). The molecule has 0 radical (unpaired) electrons. The average Bonchev–Trinajstić information content (AvgIpc) is 2.60. The first-order chi connectivity index (χ1) is 12.2. The molecule has 2 aromatic rings. The molecule has 2 atom stereocenters. The van der Waals surface area contributed by atoms with Gasteiger partial charge in [-0.25, -0.2) is 8.42 Å². The SMILES string of the molecule is CC[C@H](NC(=O)[C@H](C)Oc1ccc(Br)cc1)c1ccc(S(C)(=O)=O)cc1. The minimum atomic E-state index is -3.24. The maximum absolute atomic E-state index is 12.4. The van der Waals surface area contributed by atoms with Crippen molar-refractivity contribution < 1.29 is 17.9 Å². The molecule has 140 valence electrons. The van der Waals surface area contributed by atoms with Gasteiger partial charge in [-0.3, -0.25) is 4.79 Å². The summed E-state index contributed by atoms with van der Waals surface area (Å²) in [6, 6.07) is 13.6. The van der Waals surface area contributed by atoms with Gasteiger partial charge in [0.15, 0.2) is 15.9 Å². The first-order valence-corrected chi connectivity index (χ1v) is 10.9. The Bertz CT molecular complexity index is 848. The zero-order chi connectivity index (χ0) is 19.3. The average molecular weight is 440 g/mol. The van der Waals surface area contributed by atoms with Crippen molar-refractivity contribution in [3.63, 3.8) is 0 Å². The van der Waals surface area contributed by atoms with Crippen LogP contribution in [-0.4, -0.2) is 26.7 Å². The third-order valence-electron chi connectivity index (χ3n) is 3.93. The molecule has 0 aliphatic heterocycles. The van der Waals surface area contributed by atoms with Crippen LogP contribution in [0.3, 0.4) is 0 Å². The van der Waals surface area contributed by atoms with Crippen LogP contribution in [0.5, 0.6) is 5.75 Å². The highest BCUT2D eigenvalue weighted by Gasteiger charge is 2.20. The van der Waals surface area contributed by atoms with Gasteiger partial charge >= 0.3 is 0 Å². The monoisotopic (exact) mass is 439 g/mol. The quantitative estimate of drug-likeness (QED) is 0.709. The van der Waals surface area contributed by atoms with Gasteiger partial charge in [-0.2, -0.15) is 0 Å². The largest absolute Gasteiger partial charge is 0.481 e. The number of amides is 1. The number of ether oxygens (including phenoxy) is 1. The minimum absolute atomic E-state index is 0.216. The molecule has 26 heavy (non-hydrogen) atoms. The molecule has 0 fully saturated rings. The third kappa shape index (κ3) is 5.57. The molecule has 0 bridgehead atoms. The molecule has 0 heterocycles. The van der Waals surface area contributed by atoms with E-state index in [1.54, 1.807) is 43.3 Å². The van der Waals surface area contributed by atoms with Crippen LogP contribution in [0, 0.1) is 0 Å². The van der Waals surface area contributed by atoms with Crippen molar-refractivity contribution in [3.8, 4) is 5.75 Å². The van der Waals surface area contributed by atoms with E-state index in [1.807, 2.05) is 19.1 Å². The van der Waals surface area contributed by atoms with Crippen molar-refractivity contribution in [2.75, 3.05) is 6.26 Å². The van der Waals surface area contributed by atoms with E-state index < -0.39 is 15.9 Å². The standard InChI is InChI=1S/C19H22BrNO4S/c1-4-18(14-5-11-17(12-6-14)26(3,23)24)21-19(22)13(2)25-16-9-7-15(20)8-10-16/h5-13,18H,4H2,1-3H3,(H,21,22)/t13-,18-/m0/s1. The number of carbonyl (C=O) groups excluding carboxylic acids is 1. The molecule has 0 saturated heterocycles. The Morgan fingerprint density at radius 2 is 1.69 bits per heavy atom. The lowest BCUT2D eigenvalue weighted by atomic mass is 10.0. The highest BCUT2D eigenvalue weighted by atomic mass is 79.9. The minimum Gasteiger partial charge on any atom is -0.481 e. The lowest BCUT2D eigenvalue weighted by molar-refractivity contribution is -0.128. The van der Waals surface area contributed by atoms with Crippen molar-refractivity contribution in [1.29, 1.82) is 0 Å². The molecular formula is C19H22BrNO4S. The fourth-order valence-electron chi connectivity index (χ4n) is 2.43. The topological polar surface area (TPSA) is 72.5 Å². The van der Waals surface area contributed by atoms with Gasteiger partial charge in [0.1, 0.15) is 5.75 Å². The van der Waals surface area contributed by atoms with Gasteiger partial charge in [-0.15, -0.1) is 0 Å². The van der Waals surface area contributed by atoms with Crippen molar-refractivity contribution in [3.05, 3.63) is 58.6 Å². The first-order valence-electron chi connectivity index (χ1n) is 8.23. The van der Waals surface area contributed by atoms with Crippen molar-refractivity contribution >= 4 is 31.7 Å². The van der Waals surface area contributed by atoms with Gasteiger partial charge in [0.25, 0.3) is 5.91 Å². The Hall–Kier alpha value is -1.86. The summed E-state index contributed by atoms with van der Waals surface area (Å²) in [6.07, 6.45) is 1.19. The van der Waals surface area contributed by atoms with E-state index in [0.29, 0.717) is 12.2 Å². The van der Waals surface area contributed by atoms with E-state index in [9.17, 15) is 13.2 Å². The Balaban J connectivity index is 2.04. The van der Waals surface area contributed by atoms with Gasteiger partial charge in [0.2, 0.25) is 0 Å². The number of nitrogens with one attached hydrogen (secondary N) is 1. The summed E-state index contributed by atoms with van der Waals surface area (Å²) in [4.78, 5) is 12.7. The number of sulfone groups is 1. The number of hydrogen-bond acceptors (Lipinski definition) is 4. The van der Waals surface area contributed by atoms with E-state index in [2.05, 4.69) is 21.2 Å². The number of benzene rings is 2. The number of halogens is 1. The molecule has 2 aromatic carbocycles. The van der Waals surface area contributed by atoms with Gasteiger partial charge in [-0.05, 0) is 55.3 Å². The Labute approximate surface area is 162 Å². The molecule has 0 unspecified atom stereocenters. The molecule has 0 spiro atoms. The number of carbonyl (C=O) groups is 1. The summed E-state index contributed by atoms with van der Waals surface area (Å²) in [7, 11) is -3.24. The normalized spacial score (nSPS) is 13.7. The van der Waals surface area contributed by atoms with Crippen molar-refractivity contribution in [1.82, 2.24) is 5.32 Å². The summed E-state index contributed by atoms with van der Waals surface area (Å²) in [6.45, 7) is 3.65. The second-order valence-electron chi connectivity index (χ2n) is 6.02. The van der Waals surface area contributed by atoms with Crippen LogP contribution < -0.4 is 10.1 Å². The molecule has 0 aliphatic carbocycles. The lowest BCUT2D eigenvalue weighted by Gasteiger charge is -2.21. The van der Waals surface area contributed by atoms with E-state index in [4.69, 9.17) is 4.74 Å². The molecule has 5 nitrogen and oxygen atoms in total. The van der Waals surface area contributed by atoms with E-state index in [-0.39, 0.29) is 16.8 Å². The van der Waals surface area contributed by atoms with E-state index >= 15 is 0 Å².